The molecule has 0 aromatic heterocycles. The molecule has 0 amide bonds. The van der Waals surface area contributed by atoms with Crippen LogP contribution in [0.25, 0.3) is 6.08 Å². The Morgan fingerprint density at radius 3 is 2.34 bits per heavy atom. The maximum atomic E-state index is 14.4. The van der Waals surface area contributed by atoms with E-state index in [1.165, 1.54) is 60.7 Å². The van der Waals surface area contributed by atoms with Gasteiger partial charge in [0.15, 0.2) is 0 Å². The first kappa shape index (κ1) is 25.7. The Balaban J connectivity index is 1.53. The molecular formula is C27H27F3N2O3. The fourth-order valence-corrected chi connectivity index (χ4v) is 3.38. The zero-order chi connectivity index (χ0) is 25.4. The van der Waals surface area contributed by atoms with Crippen molar-refractivity contribution in [3.63, 3.8) is 0 Å². The molecular weight excluding hydrogens is 457 g/mol. The van der Waals surface area contributed by atoms with Crippen molar-refractivity contribution in [2.75, 3.05) is 24.7 Å². The minimum Gasteiger partial charge on any atom is -0.462 e. The van der Waals surface area contributed by atoms with Crippen molar-refractivity contribution in [2.45, 2.75) is 25.4 Å². The molecule has 1 unspecified atom stereocenters. The lowest BCUT2D eigenvalue weighted by Gasteiger charge is -2.18. The zero-order valence-electron chi connectivity index (χ0n) is 19.2. The molecule has 8 heteroatoms. The highest BCUT2D eigenvalue weighted by Crippen LogP contribution is 2.32. The Bertz CT molecular complexity index is 1160. The summed E-state index contributed by atoms with van der Waals surface area (Å²) in [6, 6.07) is 16.4. The molecule has 3 aromatic rings. The molecule has 0 aliphatic rings. The summed E-state index contributed by atoms with van der Waals surface area (Å²) in [7, 11) is 0. The summed E-state index contributed by atoms with van der Waals surface area (Å²) in [5.41, 5.74) is 14.5. The van der Waals surface area contributed by atoms with Gasteiger partial charge in [0.2, 0.25) is 0 Å². The van der Waals surface area contributed by atoms with Gasteiger partial charge < -0.3 is 20.9 Å². The van der Waals surface area contributed by atoms with Crippen molar-refractivity contribution in [1.82, 2.24) is 0 Å². The van der Waals surface area contributed by atoms with E-state index in [0.29, 0.717) is 22.5 Å². The fraction of sp³-hybridized carbons (Fsp3) is 0.222. The van der Waals surface area contributed by atoms with Crippen LogP contribution in [0.1, 0.15) is 35.1 Å². The molecule has 0 aliphatic heterocycles. The highest BCUT2D eigenvalue weighted by atomic mass is 19.3. The molecule has 0 heterocycles. The van der Waals surface area contributed by atoms with Crippen LogP contribution in [-0.2, 0) is 22.1 Å². The van der Waals surface area contributed by atoms with Crippen molar-refractivity contribution < 1.29 is 27.4 Å². The van der Waals surface area contributed by atoms with Gasteiger partial charge in [0.25, 0.3) is 0 Å². The second-order valence-electron chi connectivity index (χ2n) is 8.08. The summed E-state index contributed by atoms with van der Waals surface area (Å²) in [6.45, 7) is 1.46. The molecule has 3 aromatic carbocycles. The first-order chi connectivity index (χ1) is 16.7. The number of carbonyl (C=O) groups excluding carboxylic acids is 1. The van der Waals surface area contributed by atoms with Crippen molar-refractivity contribution in [2.24, 2.45) is 0 Å². The van der Waals surface area contributed by atoms with Gasteiger partial charge in [-0.15, -0.1) is 0 Å². The van der Waals surface area contributed by atoms with Gasteiger partial charge in [0.1, 0.15) is 5.75 Å². The molecule has 4 N–H and O–H groups in total. The lowest BCUT2D eigenvalue weighted by molar-refractivity contribution is -0.185. The molecule has 3 rings (SSSR count). The number of halogens is 3. The van der Waals surface area contributed by atoms with E-state index in [-0.39, 0.29) is 30.3 Å². The minimum atomic E-state index is -3.56. The van der Waals surface area contributed by atoms with Gasteiger partial charge in [0.05, 0.1) is 18.8 Å². The number of benzene rings is 3. The highest BCUT2D eigenvalue weighted by Gasteiger charge is 2.34. The van der Waals surface area contributed by atoms with Crippen LogP contribution < -0.4 is 16.2 Å². The number of ether oxygens (including phenoxy) is 2. The molecule has 5 nitrogen and oxygen atoms in total. The maximum absolute atomic E-state index is 14.4. The molecule has 0 radical (unpaired) electrons. The van der Waals surface area contributed by atoms with Crippen LogP contribution in [-0.4, -0.2) is 19.3 Å². The number of hydrogen-bond acceptors (Lipinski definition) is 5. The normalized spacial score (nSPS) is 12.5. The topological polar surface area (TPSA) is 87.6 Å². The smallest absolute Gasteiger partial charge is 0.426 e. The molecule has 35 heavy (non-hydrogen) atoms. The van der Waals surface area contributed by atoms with Crippen molar-refractivity contribution in [1.29, 1.82) is 0 Å². The molecule has 0 aliphatic carbocycles. The number of anilines is 2. The minimum absolute atomic E-state index is 0.0440. The number of hydrogen-bond donors (Lipinski definition) is 2. The third-order valence-corrected chi connectivity index (χ3v) is 5.33. The number of nitrogen functional groups attached to an aromatic ring is 2. The Morgan fingerprint density at radius 2 is 1.71 bits per heavy atom. The first-order valence-corrected chi connectivity index (χ1v) is 11.0. The summed E-state index contributed by atoms with van der Waals surface area (Å²) >= 11 is 0. The van der Waals surface area contributed by atoms with Gasteiger partial charge in [-0.1, -0.05) is 37.3 Å². The third-order valence-electron chi connectivity index (χ3n) is 5.33. The molecule has 184 valence electrons. The fourth-order valence-electron chi connectivity index (χ4n) is 3.38. The molecule has 0 spiro atoms. The SMILES string of the molecule is CC(COC(=O)/C=C/c1ccc(OC(F)(F)c2ccc(CCF)cc2)cc1)c1ccc(N)cc1N. The van der Waals surface area contributed by atoms with Crippen LogP contribution in [0.4, 0.5) is 24.5 Å². The second-order valence-corrected chi connectivity index (χ2v) is 8.08. The van der Waals surface area contributed by atoms with E-state index in [9.17, 15) is 18.0 Å². The van der Waals surface area contributed by atoms with Gasteiger partial charge in [-0.25, -0.2) is 4.79 Å². The predicted octanol–water partition coefficient (Wildman–Crippen LogP) is 5.85. The molecule has 0 saturated heterocycles. The zero-order valence-corrected chi connectivity index (χ0v) is 19.2. The van der Waals surface area contributed by atoms with Crippen molar-refractivity contribution in [3.8, 4) is 5.75 Å². The maximum Gasteiger partial charge on any atom is 0.426 e. The lowest BCUT2D eigenvalue weighted by atomic mass is 10.00. The molecule has 1 atom stereocenters. The predicted molar refractivity (Wildman–Crippen MR) is 131 cm³/mol. The number of esters is 1. The number of alkyl halides is 3. The van der Waals surface area contributed by atoms with Crippen LogP contribution in [0.15, 0.2) is 72.8 Å². The van der Waals surface area contributed by atoms with Gasteiger partial charge >= 0.3 is 12.1 Å². The summed E-state index contributed by atoms with van der Waals surface area (Å²) < 4.78 is 51.4. The highest BCUT2D eigenvalue weighted by molar-refractivity contribution is 5.87. The van der Waals surface area contributed by atoms with E-state index < -0.39 is 18.8 Å². The van der Waals surface area contributed by atoms with E-state index >= 15 is 0 Å². The van der Waals surface area contributed by atoms with Crippen molar-refractivity contribution >= 4 is 23.4 Å². The van der Waals surface area contributed by atoms with E-state index in [0.717, 1.165) is 5.56 Å². The van der Waals surface area contributed by atoms with E-state index in [1.54, 1.807) is 18.2 Å². The third kappa shape index (κ3) is 7.27. The van der Waals surface area contributed by atoms with E-state index in [2.05, 4.69) is 0 Å². The number of carbonyl (C=O) groups is 1. The number of rotatable bonds is 10. The van der Waals surface area contributed by atoms with Crippen molar-refractivity contribution in [3.05, 3.63) is 95.1 Å². The van der Waals surface area contributed by atoms with Crippen LogP contribution in [0, 0.1) is 0 Å². The van der Waals surface area contributed by atoms with E-state index in [1.807, 2.05) is 6.92 Å². The average Bonchev–Trinajstić information content (AvgIpc) is 2.82. The van der Waals surface area contributed by atoms with Gasteiger partial charge in [0, 0.05) is 29.8 Å². The number of aryl methyl sites for hydroxylation is 1. The largest absolute Gasteiger partial charge is 0.462 e. The standard InChI is InChI=1S/C27H27F3N2O3/c1-18(24-12-9-22(31)16-25(24)32)17-34-26(33)13-6-19-4-10-23(11-5-19)35-27(29,30)21-7-2-20(3-8-21)14-15-28/h2-13,16,18H,14-15,17,31-32H2,1H3/b13-6+. The Morgan fingerprint density at radius 1 is 1.03 bits per heavy atom. The van der Waals surface area contributed by atoms with Gasteiger partial charge in [-0.2, -0.15) is 8.78 Å². The molecule has 0 saturated carbocycles. The summed E-state index contributed by atoms with van der Waals surface area (Å²) in [5, 5.41) is 0. The summed E-state index contributed by atoms with van der Waals surface area (Å²) in [4.78, 5) is 12.1. The first-order valence-electron chi connectivity index (χ1n) is 11.0. The van der Waals surface area contributed by atoms with Crippen LogP contribution >= 0.6 is 0 Å². The molecule has 0 fully saturated rings. The van der Waals surface area contributed by atoms with Crippen LogP contribution in [0.5, 0.6) is 5.75 Å². The summed E-state index contributed by atoms with van der Waals surface area (Å²) in [5.74, 6) is -0.711. The lowest BCUT2D eigenvalue weighted by Crippen LogP contribution is -2.21. The molecule has 0 bridgehead atoms. The average molecular weight is 485 g/mol. The van der Waals surface area contributed by atoms with Gasteiger partial charge in [-0.3, -0.25) is 4.39 Å². The van der Waals surface area contributed by atoms with Crippen LogP contribution in [0.3, 0.4) is 0 Å². The second kappa shape index (κ2) is 11.5. The number of nitrogens with two attached hydrogens (primary N) is 2. The van der Waals surface area contributed by atoms with Gasteiger partial charge in [-0.05, 0) is 59.2 Å². The summed E-state index contributed by atoms with van der Waals surface area (Å²) in [6.07, 6.45) is -0.621. The quantitative estimate of drug-likeness (QED) is 0.214. The Kier molecular flexibility index (Phi) is 8.41. The Hall–Kier alpha value is -3.94. The Labute approximate surface area is 202 Å². The monoisotopic (exact) mass is 484 g/mol. The van der Waals surface area contributed by atoms with Crippen LogP contribution in [0.2, 0.25) is 0 Å². The van der Waals surface area contributed by atoms with E-state index in [4.69, 9.17) is 20.9 Å².